The molecular formula is C13H20N2O2S. The van der Waals surface area contributed by atoms with E-state index in [4.69, 9.17) is 0 Å². The SMILES string of the molecule is COC(=O)Cc1csc(N2CCC(C)C(C)C2)n1. The maximum atomic E-state index is 11.2. The first-order valence-corrected chi connectivity index (χ1v) is 7.24. The molecule has 0 bridgehead atoms. The molecule has 18 heavy (non-hydrogen) atoms. The van der Waals surface area contributed by atoms with Crippen molar-refractivity contribution in [3.05, 3.63) is 11.1 Å². The molecule has 0 amide bonds. The molecule has 2 atom stereocenters. The molecule has 1 saturated heterocycles. The lowest BCUT2D eigenvalue weighted by molar-refractivity contribution is -0.139. The molecule has 0 radical (unpaired) electrons. The van der Waals surface area contributed by atoms with Crippen LogP contribution in [0.15, 0.2) is 5.38 Å². The summed E-state index contributed by atoms with van der Waals surface area (Å²) in [6.07, 6.45) is 1.49. The Morgan fingerprint density at radius 1 is 1.56 bits per heavy atom. The zero-order valence-corrected chi connectivity index (χ0v) is 12.0. The molecule has 5 heteroatoms. The third-order valence-electron chi connectivity index (χ3n) is 3.70. The van der Waals surface area contributed by atoms with Crippen molar-refractivity contribution in [3.63, 3.8) is 0 Å². The van der Waals surface area contributed by atoms with Crippen LogP contribution >= 0.6 is 11.3 Å². The van der Waals surface area contributed by atoms with E-state index in [1.807, 2.05) is 5.38 Å². The van der Waals surface area contributed by atoms with Gasteiger partial charge in [-0.15, -0.1) is 11.3 Å². The summed E-state index contributed by atoms with van der Waals surface area (Å²) in [4.78, 5) is 18.0. The van der Waals surface area contributed by atoms with Gasteiger partial charge in [0.05, 0.1) is 19.2 Å². The number of hydrogen-bond acceptors (Lipinski definition) is 5. The number of methoxy groups -OCH3 is 1. The molecule has 2 rings (SSSR count). The first-order valence-electron chi connectivity index (χ1n) is 6.36. The highest BCUT2D eigenvalue weighted by atomic mass is 32.1. The van der Waals surface area contributed by atoms with Crippen LogP contribution < -0.4 is 4.90 Å². The van der Waals surface area contributed by atoms with Crippen molar-refractivity contribution in [1.82, 2.24) is 4.98 Å². The number of piperidine rings is 1. The molecule has 0 aromatic carbocycles. The predicted molar refractivity (Wildman–Crippen MR) is 73.0 cm³/mol. The monoisotopic (exact) mass is 268 g/mol. The number of hydrogen-bond donors (Lipinski definition) is 0. The summed E-state index contributed by atoms with van der Waals surface area (Å²) in [5.41, 5.74) is 0.813. The van der Waals surface area contributed by atoms with Crippen LogP contribution in [0.4, 0.5) is 5.13 Å². The zero-order chi connectivity index (χ0) is 13.1. The molecule has 4 nitrogen and oxygen atoms in total. The molecule has 2 heterocycles. The highest BCUT2D eigenvalue weighted by molar-refractivity contribution is 7.13. The van der Waals surface area contributed by atoms with Crippen LogP contribution in [0.1, 0.15) is 26.0 Å². The van der Waals surface area contributed by atoms with Crippen molar-refractivity contribution in [3.8, 4) is 0 Å². The zero-order valence-electron chi connectivity index (χ0n) is 11.2. The molecule has 1 aromatic heterocycles. The highest BCUT2D eigenvalue weighted by Gasteiger charge is 2.24. The minimum atomic E-state index is -0.229. The van der Waals surface area contributed by atoms with Crippen LogP contribution in [-0.4, -0.2) is 31.2 Å². The normalized spacial score (nSPS) is 24.1. The van der Waals surface area contributed by atoms with Crippen LogP contribution in [0.3, 0.4) is 0 Å². The Kier molecular flexibility index (Phi) is 4.22. The van der Waals surface area contributed by atoms with Crippen molar-refractivity contribution in [1.29, 1.82) is 0 Å². The molecule has 0 N–H and O–H groups in total. The molecule has 1 aromatic rings. The molecular weight excluding hydrogens is 248 g/mol. The van der Waals surface area contributed by atoms with E-state index in [0.717, 1.165) is 29.8 Å². The Balaban J connectivity index is 1.99. The third kappa shape index (κ3) is 3.02. The maximum absolute atomic E-state index is 11.2. The van der Waals surface area contributed by atoms with E-state index in [0.29, 0.717) is 5.92 Å². The van der Waals surface area contributed by atoms with E-state index in [-0.39, 0.29) is 12.4 Å². The summed E-state index contributed by atoms with van der Waals surface area (Å²) >= 11 is 1.62. The molecule has 0 saturated carbocycles. The number of nitrogens with zero attached hydrogens (tertiary/aromatic N) is 2. The van der Waals surface area contributed by atoms with Gasteiger partial charge in [0.15, 0.2) is 5.13 Å². The standard InChI is InChI=1S/C13H20N2O2S/c1-9-4-5-15(7-10(9)2)13-14-11(8-18-13)6-12(16)17-3/h8-10H,4-7H2,1-3H3. The lowest BCUT2D eigenvalue weighted by atomic mass is 9.89. The summed E-state index contributed by atoms with van der Waals surface area (Å²) in [7, 11) is 1.41. The Hall–Kier alpha value is -1.10. The van der Waals surface area contributed by atoms with Gasteiger partial charge in [-0.1, -0.05) is 13.8 Å². The number of carbonyl (C=O) groups excluding carboxylic acids is 1. The number of rotatable bonds is 3. The molecule has 1 aliphatic rings. The minimum Gasteiger partial charge on any atom is -0.469 e. The fraction of sp³-hybridized carbons (Fsp3) is 0.692. The number of anilines is 1. The Morgan fingerprint density at radius 3 is 3.00 bits per heavy atom. The number of thiazole rings is 1. The van der Waals surface area contributed by atoms with Gasteiger partial charge in [-0.05, 0) is 18.3 Å². The van der Waals surface area contributed by atoms with Crippen LogP contribution in [0.25, 0.3) is 0 Å². The summed E-state index contributed by atoms with van der Waals surface area (Å²) in [5.74, 6) is 1.26. The Bertz CT molecular complexity index is 419. The third-order valence-corrected chi connectivity index (χ3v) is 4.65. The van der Waals surface area contributed by atoms with Gasteiger partial charge in [-0.3, -0.25) is 4.79 Å². The summed E-state index contributed by atoms with van der Waals surface area (Å²) < 4.78 is 4.65. The molecule has 1 fully saturated rings. The first kappa shape index (κ1) is 13.3. The van der Waals surface area contributed by atoms with Crippen LogP contribution in [0.2, 0.25) is 0 Å². The van der Waals surface area contributed by atoms with Crippen molar-refractivity contribution in [2.45, 2.75) is 26.7 Å². The number of ether oxygens (including phenoxy) is 1. The largest absolute Gasteiger partial charge is 0.469 e. The quantitative estimate of drug-likeness (QED) is 0.789. The van der Waals surface area contributed by atoms with E-state index >= 15 is 0 Å². The second-order valence-corrected chi connectivity index (χ2v) is 5.90. The van der Waals surface area contributed by atoms with Gasteiger partial charge in [0, 0.05) is 18.5 Å². The fourth-order valence-electron chi connectivity index (χ4n) is 2.18. The van der Waals surface area contributed by atoms with Gasteiger partial charge in [0.1, 0.15) is 0 Å². The average molecular weight is 268 g/mol. The molecule has 1 aliphatic heterocycles. The predicted octanol–water partition coefficient (Wildman–Crippen LogP) is 2.34. The molecule has 2 unspecified atom stereocenters. The van der Waals surface area contributed by atoms with E-state index in [2.05, 4.69) is 28.5 Å². The van der Waals surface area contributed by atoms with E-state index in [1.54, 1.807) is 11.3 Å². The van der Waals surface area contributed by atoms with Crippen LogP contribution in [-0.2, 0) is 16.0 Å². The topological polar surface area (TPSA) is 42.4 Å². The number of esters is 1. The second kappa shape index (κ2) is 5.69. The second-order valence-electron chi connectivity index (χ2n) is 5.06. The first-order chi connectivity index (χ1) is 8.60. The fourth-order valence-corrected chi connectivity index (χ4v) is 3.04. The van der Waals surface area contributed by atoms with Crippen molar-refractivity contribution < 1.29 is 9.53 Å². The van der Waals surface area contributed by atoms with Crippen LogP contribution in [0, 0.1) is 11.8 Å². The van der Waals surface area contributed by atoms with Gasteiger partial charge in [0.2, 0.25) is 0 Å². The molecule has 0 spiro atoms. The van der Waals surface area contributed by atoms with Crippen molar-refractivity contribution in [2.24, 2.45) is 11.8 Å². The lowest BCUT2D eigenvalue weighted by Gasteiger charge is -2.35. The smallest absolute Gasteiger partial charge is 0.311 e. The van der Waals surface area contributed by atoms with Crippen LogP contribution in [0.5, 0.6) is 0 Å². The van der Waals surface area contributed by atoms with E-state index < -0.39 is 0 Å². The Morgan fingerprint density at radius 2 is 2.33 bits per heavy atom. The summed E-state index contributed by atoms with van der Waals surface area (Å²) in [5, 5.41) is 2.99. The average Bonchev–Trinajstić information content (AvgIpc) is 2.81. The summed E-state index contributed by atoms with van der Waals surface area (Å²) in [6, 6.07) is 0. The highest BCUT2D eigenvalue weighted by Crippen LogP contribution is 2.29. The Labute approximate surface area is 112 Å². The van der Waals surface area contributed by atoms with Gasteiger partial charge >= 0.3 is 5.97 Å². The number of carbonyl (C=O) groups is 1. The van der Waals surface area contributed by atoms with Gasteiger partial charge in [0.25, 0.3) is 0 Å². The van der Waals surface area contributed by atoms with Crippen molar-refractivity contribution in [2.75, 3.05) is 25.1 Å². The van der Waals surface area contributed by atoms with E-state index in [1.165, 1.54) is 13.5 Å². The molecule has 100 valence electrons. The van der Waals surface area contributed by atoms with Crippen molar-refractivity contribution >= 4 is 22.4 Å². The lowest BCUT2D eigenvalue weighted by Crippen LogP contribution is -2.38. The van der Waals surface area contributed by atoms with Gasteiger partial charge in [-0.25, -0.2) is 4.98 Å². The summed E-state index contributed by atoms with van der Waals surface area (Å²) in [6.45, 7) is 6.73. The number of aromatic nitrogens is 1. The van der Waals surface area contributed by atoms with E-state index in [9.17, 15) is 4.79 Å². The van der Waals surface area contributed by atoms with Gasteiger partial charge in [-0.2, -0.15) is 0 Å². The minimum absolute atomic E-state index is 0.229. The maximum Gasteiger partial charge on any atom is 0.311 e. The van der Waals surface area contributed by atoms with Gasteiger partial charge < -0.3 is 9.64 Å². The molecule has 0 aliphatic carbocycles.